The zero-order chi connectivity index (χ0) is 16.1. The molecule has 0 radical (unpaired) electrons. The molecule has 0 saturated carbocycles. The predicted octanol–water partition coefficient (Wildman–Crippen LogP) is 2.84. The smallest absolute Gasteiger partial charge is 0.103 e. The summed E-state index contributed by atoms with van der Waals surface area (Å²) in [4.78, 5) is 1.60. The molecule has 0 spiro atoms. The molecule has 0 unspecified atom stereocenters. The Morgan fingerprint density at radius 1 is 1.13 bits per heavy atom. The fourth-order valence-corrected chi connectivity index (χ4v) is 3.27. The molecule has 3 rings (SSSR count). The zero-order valence-electron chi connectivity index (χ0n) is 12.9. The van der Waals surface area contributed by atoms with Gasteiger partial charge < -0.3 is 4.90 Å². The number of hydrogen-bond acceptors (Lipinski definition) is 2. The van der Waals surface area contributed by atoms with Gasteiger partial charge in [0.1, 0.15) is 6.54 Å². The maximum absolute atomic E-state index is 5.94. The second-order valence-corrected chi connectivity index (χ2v) is 7.16. The van der Waals surface area contributed by atoms with Crippen LogP contribution in [0.2, 0.25) is 5.02 Å². The third-order valence-corrected chi connectivity index (χ3v) is 4.78. The second-order valence-electron chi connectivity index (χ2n) is 5.81. The van der Waals surface area contributed by atoms with Crippen LogP contribution in [0.1, 0.15) is 11.1 Å². The lowest BCUT2D eigenvalue weighted by Crippen LogP contribution is -3.13. The van der Waals surface area contributed by atoms with Gasteiger partial charge in [0, 0.05) is 15.1 Å². The van der Waals surface area contributed by atoms with Crippen molar-refractivity contribution >= 4 is 33.7 Å². The first-order valence-corrected chi connectivity index (χ1v) is 8.99. The minimum absolute atomic E-state index is 0.801. The first-order chi connectivity index (χ1) is 11.2. The minimum atomic E-state index is 0.801. The summed E-state index contributed by atoms with van der Waals surface area (Å²) in [5, 5.41) is 7.56. The van der Waals surface area contributed by atoms with Gasteiger partial charge in [0.05, 0.1) is 32.4 Å². The number of nitrogens with zero attached hydrogens (tertiary/aromatic N) is 2. The second kappa shape index (κ2) is 7.95. The predicted molar refractivity (Wildman–Crippen MR) is 99.2 cm³/mol. The molecule has 0 aliphatic carbocycles. The maximum atomic E-state index is 5.94. The van der Waals surface area contributed by atoms with Crippen molar-refractivity contribution in [2.45, 2.75) is 6.54 Å². The van der Waals surface area contributed by atoms with Gasteiger partial charge in [0.25, 0.3) is 0 Å². The molecule has 0 bridgehead atoms. The van der Waals surface area contributed by atoms with Crippen LogP contribution in [-0.4, -0.2) is 37.4 Å². The van der Waals surface area contributed by atoms with E-state index in [-0.39, 0.29) is 0 Å². The Kier molecular flexibility index (Phi) is 5.70. The van der Waals surface area contributed by atoms with Crippen molar-refractivity contribution in [1.29, 1.82) is 0 Å². The van der Waals surface area contributed by atoms with Gasteiger partial charge in [-0.3, -0.25) is 5.01 Å². The lowest BCUT2D eigenvalue weighted by molar-refractivity contribution is -0.918. The summed E-state index contributed by atoms with van der Waals surface area (Å²) in [7, 11) is 0. The van der Waals surface area contributed by atoms with E-state index in [1.54, 1.807) is 4.90 Å². The molecule has 2 aromatic carbocycles. The fraction of sp³-hybridized carbons (Fsp3) is 0.278. The molecule has 2 aromatic rings. The molecule has 1 heterocycles. The first-order valence-electron chi connectivity index (χ1n) is 7.81. The topological polar surface area (TPSA) is 20.0 Å². The highest BCUT2D eigenvalue weighted by atomic mass is 79.9. The molecule has 1 fully saturated rings. The Balaban J connectivity index is 1.49. The largest absolute Gasteiger partial charge is 0.328 e. The van der Waals surface area contributed by atoms with Gasteiger partial charge in [-0.1, -0.05) is 51.8 Å². The number of nitrogens with one attached hydrogen (secondary N) is 1. The van der Waals surface area contributed by atoms with E-state index in [0.29, 0.717) is 0 Å². The van der Waals surface area contributed by atoms with Crippen LogP contribution in [0.25, 0.3) is 0 Å². The Bertz CT molecular complexity index is 664. The van der Waals surface area contributed by atoms with Crippen molar-refractivity contribution < 1.29 is 4.90 Å². The molecule has 0 atom stereocenters. The third kappa shape index (κ3) is 5.06. The number of benzene rings is 2. The summed E-state index contributed by atoms with van der Waals surface area (Å²) < 4.78 is 1.08. The van der Waals surface area contributed by atoms with E-state index in [1.807, 2.05) is 30.5 Å². The van der Waals surface area contributed by atoms with E-state index in [2.05, 4.69) is 50.3 Å². The number of rotatable bonds is 4. The van der Waals surface area contributed by atoms with Crippen LogP contribution < -0.4 is 4.90 Å². The number of piperazine rings is 1. The Hall–Kier alpha value is -1.36. The number of hydrogen-bond donors (Lipinski definition) is 1. The summed E-state index contributed by atoms with van der Waals surface area (Å²) in [6.45, 7) is 5.26. The number of hydrazone groups is 1. The van der Waals surface area contributed by atoms with Crippen LogP contribution in [0, 0.1) is 0 Å². The summed E-state index contributed by atoms with van der Waals surface area (Å²) in [6, 6.07) is 16.4. The van der Waals surface area contributed by atoms with Gasteiger partial charge >= 0.3 is 0 Å². The fourth-order valence-electron chi connectivity index (χ4n) is 2.73. The average Bonchev–Trinajstić information content (AvgIpc) is 2.56. The monoisotopic (exact) mass is 392 g/mol. The van der Waals surface area contributed by atoms with Gasteiger partial charge in [-0.05, 0) is 29.8 Å². The summed E-state index contributed by atoms with van der Waals surface area (Å²) >= 11 is 9.42. The summed E-state index contributed by atoms with van der Waals surface area (Å²) in [5.74, 6) is 0. The van der Waals surface area contributed by atoms with Crippen LogP contribution in [0.4, 0.5) is 0 Å². The molecule has 120 valence electrons. The van der Waals surface area contributed by atoms with Gasteiger partial charge in [-0.25, -0.2) is 0 Å². The van der Waals surface area contributed by atoms with Crippen LogP contribution >= 0.6 is 27.5 Å². The highest BCUT2D eigenvalue weighted by Crippen LogP contribution is 2.10. The van der Waals surface area contributed by atoms with Crippen LogP contribution in [0.5, 0.6) is 0 Å². The molecule has 0 amide bonds. The molecular formula is C18H20BrClN3+. The van der Waals surface area contributed by atoms with Crippen molar-refractivity contribution in [3.8, 4) is 0 Å². The van der Waals surface area contributed by atoms with E-state index >= 15 is 0 Å². The highest BCUT2D eigenvalue weighted by molar-refractivity contribution is 9.10. The van der Waals surface area contributed by atoms with Gasteiger partial charge in [0.2, 0.25) is 0 Å². The Labute approximate surface area is 150 Å². The van der Waals surface area contributed by atoms with Crippen molar-refractivity contribution in [2.75, 3.05) is 26.2 Å². The van der Waals surface area contributed by atoms with E-state index in [1.165, 1.54) is 5.56 Å². The van der Waals surface area contributed by atoms with Gasteiger partial charge in [0.15, 0.2) is 0 Å². The summed E-state index contributed by atoms with van der Waals surface area (Å²) in [6.07, 6.45) is 1.94. The van der Waals surface area contributed by atoms with Crippen LogP contribution in [0.3, 0.4) is 0 Å². The summed E-state index contributed by atoms with van der Waals surface area (Å²) in [5.41, 5.74) is 2.46. The van der Waals surface area contributed by atoms with E-state index in [4.69, 9.17) is 11.6 Å². The Morgan fingerprint density at radius 2 is 1.87 bits per heavy atom. The highest BCUT2D eigenvalue weighted by Gasteiger charge is 2.18. The lowest BCUT2D eigenvalue weighted by Gasteiger charge is -2.30. The first kappa shape index (κ1) is 16.5. The van der Waals surface area contributed by atoms with E-state index in [9.17, 15) is 0 Å². The molecule has 1 aliphatic heterocycles. The molecule has 3 nitrogen and oxygen atoms in total. The molecule has 23 heavy (non-hydrogen) atoms. The van der Waals surface area contributed by atoms with E-state index < -0.39 is 0 Å². The van der Waals surface area contributed by atoms with Crippen molar-refractivity contribution in [3.05, 3.63) is 69.2 Å². The van der Waals surface area contributed by atoms with Crippen molar-refractivity contribution in [1.82, 2.24) is 5.01 Å². The molecule has 0 aromatic heterocycles. The molecule has 1 N–H and O–H groups in total. The average molecular weight is 394 g/mol. The van der Waals surface area contributed by atoms with Crippen molar-refractivity contribution in [2.24, 2.45) is 5.10 Å². The number of quaternary nitrogens is 1. The normalized spacial score (nSPS) is 16.2. The molecule has 1 aliphatic rings. The molecule has 1 saturated heterocycles. The SMILES string of the molecule is Clc1ccc(C[NH+]2CCN(/N=C\c3cccc(Br)c3)CC2)cc1. The van der Waals surface area contributed by atoms with Crippen molar-refractivity contribution in [3.63, 3.8) is 0 Å². The number of halogens is 2. The lowest BCUT2D eigenvalue weighted by atomic mass is 10.2. The standard InChI is InChI=1S/C18H19BrClN3/c19-17-3-1-2-16(12-17)13-21-23-10-8-22(9-11-23)14-15-4-6-18(20)7-5-15/h1-7,12-13H,8-11,14H2/p+1/b21-13-. The molecule has 5 heteroatoms. The zero-order valence-corrected chi connectivity index (χ0v) is 15.2. The maximum Gasteiger partial charge on any atom is 0.103 e. The Morgan fingerprint density at radius 3 is 2.57 bits per heavy atom. The van der Waals surface area contributed by atoms with Gasteiger partial charge in [-0.15, -0.1) is 0 Å². The molecular weight excluding hydrogens is 374 g/mol. The van der Waals surface area contributed by atoms with E-state index in [0.717, 1.165) is 47.8 Å². The minimum Gasteiger partial charge on any atom is -0.328 e. The van der Waals surface area contributed by atoms with Crippen LogP contribution in [-0.2, 0) is 6.54 Å². The van der Waals surface area contributed by atoms with Crippen LogP contribution in [0.15, 0.2) is 58.1 Å². The quantitative estimate of drug-likeness (QED) is 0.792. The third-order valence-electron chi connectivity index (χ3n) is 4.03. The van der Waals surface area contributed by atoms with Gasteiger partial charge in [-0.2, -0.15) is 5.10 Å².